The first kappa shape index (κ1) is 34.1. The molecule has 2 amide bonds. The van der Waals surface area contributed by atoms with Gasteiger partial charge in [-0.25, -0.2) is 14.9 Å². The zero-order valence-electron chi connectivity index (χ0n) is 30.7. The molecule has 0 N–H and O–H groups in total. The number of carbonyl (C=O) groups is 2. The predicted octanol–water partition coefficient (Wildman–Crippen LogP) is 10.8. The van der Waals surface area contributed by atoms with Gasteiger partial charge in [-0.05, 0) is 59.2 Å². The molecule has 10 rings (SSSR count). The summed E-state index contributed by atoms with van der Waals surface area (Å²) in [6.07, 6.45) is 0. The van der Waals surface area contributed by atoms with E-state index >= 15 is 4.79 Å². The highest BCUT2D eigenvalue weighted by molar-refractivity contribution is 6.36. The minimum atomic E-state index is -0.461. The average molecular weight is 745 g/mol. The summed E-state index contributed by atoms with van der Waals surface area (Å²) in [4.78, 5) is 40.8. The number of pyridine rings is 2. The van der Waals surface area contributed by atoms with E-state index in [1.165, 1.54) is 4.90 Å². The topological polar surface area (TPSA) is 116 Å². The van der Waals surface area contributed by atoms with Gasteiger partial charge in [-0.1, -0.05) is 127 Å². The summed E-state index contributed by atoms with van der Waals surface area (Å²) in [6.45, 7) is 0. The maximum atomic E-state index is 15.3. The Morgan fingerprint density at radius 2 is 0.966 bits per heavy atom. The van der Waals surface area contributed by atoms with E-state index in [4.69, 9.17) is 9.97 Å². The van der Waals surface area contributed by atoms with E-state index in [0.717, 1.165) is 55.2 Å². The van der Waals surface area contributed by atoms with Gasteiger partial charge in [-0.15, -0.1) is 0 Å². The lowest BCUT2D eigenvalue weighted by Gasteiger charge is -2.20. The third-order valence-corrected chi connectivity index (χ3v) is 10.7. The van der Waals surface area contributed by atoms with Gasteiger partial charge in [-0.3, -0.25) is 9.59 Å². The quantitative estimate of drug-likeness (QED) is 0.157. The average Bonchev–Trinajstić information content (AvgIpc) is 3.77. The largest absolute Gasteiger partial charge is 0.307 e. The second-order valence-corrected chi connectivity index (χ2v) is 13.9. The molecule has 0 aliphatic carbocycles. The second kappa shape index (κ2) is 13.7. The monoisotopic (exact) mass is 744 g/mol. The van der Waals surface area contributed by atoms with Crippen LogP contribution in [0.2, 0.25) is 0 Å². The van der Waals surface area contributed by atoms with Crippen molar-refractivity contribution >= 4 is 39.3 Å². The minimum absolute atomic E-state index is 0.248. The van der Waals surface area contributed by atoms with Crippen molar-refractivity contribution in [3.05, 3.63) is 192 Å². The lowest BCUT2D eigenvalue weighted by atomic mass is 9.97. The zero-order valence-corrected chi connectivity index (χ0v) is 30.7. The van der Waals surface area contributed by atoms with E-state index in [2.05, 4.69) is 12.1 Å². The summed E-state index contributed by atoms with van der Waals surface area (Å²) in [5.41, 5.74) is 9.48. The van der Waals surface area contributed by atoms with Gasteiger partial charge in [0.15, 0.2) is 0 Å². The molecule has 0 radical (unpaired) electrons. The number of rotatable bonds is 6. The molecule has 8 nitrogen and oxygen atoms in total. The lowest BCUT2D eigenvalue weighted by molar-refractivity contribution is 0.0926. The van der Waals surface area contributed by atoms with E-state index < -0.39 is 11.8 Å². The van der Waals surface area contributed by atoms with Gasteiger partial charge in [-0.2, -0.15) is 10.5 Å². The summed E-state index contributed by atoms with van der Waals surface area (Å²) in [5.74, 6) is -0.894. The van der Waals surface area contributed by atoms with Crippen LogP contribution in [-0.2, 0) is 0 Å². The van der Waals surface area contributed by atoms with Crippen LogP contribution in [0.4, 0.5) is 5.69 Å². The molecule has 58 heavy (non-hydrogen) atoms. The van der Waals surface area contributed by atoms with Crippen molar-refractivity contribution in [3.8, 4) is 62.6 Å². The van der Waals surface area contributed by atoms with Crippen LogP contribution in [0.1, 0.15) is 32.1 Å². The molecule has 1 aliphatic heterocycles. The molecular weight excluding hydrogens is 717 g/mol. The molecule has 0 spiro atoms. The van der Waals surface area contributed by atoms with Crippen LogP contribution in [0.15, 0.2) is 170 Å². The Labute approximate surface area is 332 Å². The number of carbonyl (C=O) groups excluding carboxylic acids is 2. The van der Waals surface area contributed by atoms with Crippen molar-refractivity contribution < 1.29 is 9.59 Å². The summed E-state index contributed by atoms with van der Waals surface area (Å²) in [6, 6.07) is 57.6. The molecule has 6 aromatic carbocycles. The number of anilines is 1. The number of fused-ring (bicyclic) bond motifs is 4. The predicted molar refractivity (Wildman–Crippen MR) is 225 cm³/mol. The molecule has 3 aromatic heterocycles. The standard InChI is InChI=1S/C50H28N6O2/c51-29-34-16-7-23-42(53-34)39-20-9-18-37-38-19-10-21-40(43-24-8-17-35(30-52)54-43)48(38)55(47(37)39)44-25-11-22-41-46(44)50(58)56(49(41)57)45-28-33(31-12-3-1-4-13-31)26-27-36(45)32-14-5-2-6-15-32/h1-28H. The van der Waals surface area contributed by atoms with Crippen LogP contribution in [0, 0.1) is 22.7 Å². The van der Waals surface area contributed by atoms with Gasteiger partial charge in [0.05, 0.1) is 44.9 Å². The molecule has 0 atom stereocenters. The van der Waals surface area contributed by atoms with Crippen LogP contribution in [0.5, 0.6) is 0 Å². The maximum Gasteiger partial charge on any atom is 0.268 e. The first-order valence-electron chi connectivity index (χ1n) is 18.6. The number of nitriles is 2. The van der Waals surface area contributed by atoms with Crippen LogP contribution < -0.4 is 4.90 Å². The Balaban J connectivity index is 1.27. The van der Waals surface area contributed by atoms with Gasteiger partial charge in [0.1, 0.15) is 23.5 Å². The summed E-state index contributed by atoms with van der Waals surface area (Å²) in [7, 11) is 0. The van der Waals surface area contributed by atoms with Gasteiger partial charge in [0.2, 0.25) is 0 Å². The Morgan fingerprint density at radius 3 is 1.55 bits per heavy atom. The number of benzene rings is 6. The molecule has 0 saturated heterocycles. The Hall–Kier alpha value is -8.46. The molecule has 4 heterocycles. The highest BCUT2D eigenvalue weighted by Crippen LogP contribution is 2.45. The first-order chi connectivity index (χ1) is 28.5. The van der Waals surface area contributed by atoms with Crippen molar-refractivity contribution in [1.82, 2.24) is 14.5 Å². The van der Waals surface area contributed by atoms with Gasteiger partial charge in [0, 0.05) is 27.5 Å². The molecule has 0 fully saturated rings. The lowest BCUT2D eigenvalue weighted by Crippen LogP contribution is -2.30. The molecule has 8 heteroatoms. The van der Waals surface area contributed by atoms with E-state index in [1.807, 2.05) is 138 Å². The molecular formula is C50H28N6O2. The smallest absolute Gasteiger partial charge is 0.268 e. The number of hydrogen-bond donors (Lipinski definition) is 0. The summed E-state index contributed by atoms with van der Waals surface area (Å²) < 4.78 is 2.02. The fourth-order valence-electron chi connectivity index (χ4n) is 8.12. The van der Waals surface area contributed by atoms with E-state index in [0.29, 0.717) is 22.8 Å². The van der Waals surface area contributed by atoms with E-state index in [9.17, 15) is 15.3 Å². The molecule has 1 aliphatic rings. The third-order valence-electron chi connectivity index (χ3n) is 10.7. The highest BCUT2D eigenvalue weighted by atomic mass is 16.2. The number of hydrogen-bond acceptors (Lipinski definition) is 6. The second-order valence-electron chi connectivity index (χ2n) is 13.9. The first-order valence-corrected chi connectivity index (χ1v) is 18.6. The molecule has 270 valence electrons. The Kier molecular flexibility index (Phi) is 8.04. The van der Waals surface area contributed by atoms with Gasteiger partial charge < -0.3 is 4.57 Å². The van der Waals surface area contributed by atoms with Crippen LogP contribution >= 0.6 is 0 Å². The van der Waals surface area contributed by atoms with Gasteiger partial charge >= 0.3 is 0 Å². The number of amides is 2. The SMILES string of the molecule is N#Cc1cccc(-c2cccc3c4cccc(-c5cccc(C#N)n5)c4n(-c4cccc5c4C(=O)N(c4cc(-c6ccccc6)ccc4-c4ccccc4)C5=O)c23)n1. The molecule has 0 bridgehead atoms. The number of aromatic nitrogens is 3. The van der Waals surface area contributed by atoms with Crippen molar-refractivity contribution in [2.24, 2.45) is 0 Å². The number of nitrogens with zero attached hydrogens (tertiary/aromatic N) is 6. The Bertz CT molecular complexity index is 3130. The maximum absolute atomic E-state index is 15.3. The third kappa shape index (κ3) is 5.36. The number of imide groups is 1. The minimum Gasteiger partial charge on any atom is -0.307 e. The fraction of sp³-hybridized carbons (Fsp3) is 0. The fourth-order valence-corrected chi connectivity index (χ4v) is 8.12. The highest BCUT2D eigenvalue weighted by Gasteiger charge is 2.41. The van der Waals surface area contributed by atoms with Crippen LogP contribution in [0.3, 0.4) is 0 Å². The van der Waals surface area contributed by atoms with Crippen molar-refractivity contribution in [1.29, 1.82) is 10.5 Å². The van der Waals surface area contributed by atoms with Gasteiger partial charge in [0.25, 0.3) is 11.8 Å². The summed E-state index contributed by atoms with van der Waals surface area (Å²) in [5, 5.41) is 21.3. The molecule has 0 unspecified atom stereocenters. The van der Waals surface area contributed by atoms with Crippen molar-refractivity contribution in [2.75, 3.05) is 4.90 Å². The van der Waals surface area contributed by atoms with Crippen molar-refractivity contribution in [3.63, 3.8) is 0 Å². The van der Waals surface area contributed by atoms with E-state index in [-0.39, 0.29) is 22.5 Å². The van der Waals surface area contributed by atoms with Crippen LogP contribution in [-0.4, -0.2) is 26.3 Å². The molecule has 9 aromatic rings. The zero-order chi connectivity index (χ0) is 39.3. The molecule has 0 saturated carbocycles. The van der Waals surface area contributed by atoms with Crippen LogP contribution in [0.25, 0.3) is 72.3 Å². The number of para-hydroxylation sites is 2. The normalized spacial score (nSPS) is 12.1. The Morgan fingerprint density at radius 1 is 0.431 bits per heavy atom. The summed E-state index contributed by atoms with van der Waals surface area (Å²) >= 11 is 0. The van der Waals surface area contributed by atoms with Crippen molar-refractivity contribution in [2.45, 2.75) is 0 Å². The van der Waals surface area contributed by atoms with E-state index in [1.54, 1.807) is 36.4 Å².